The number of hydrogen-bond acceptors (Lipinski definition) is 3. The third kappa shape index (κ3) is 5.75. The lowest BCUT2D eigenvalue weighted by Crippen LogP contribution is -2.18. The molecule has 0 bridgehead atoms. The third-order valence-corrected chi connectivity index (χ3v) is 2.96. The van der Waals surface area contributed by atoms with Gasteiger partial charge in [-0.2, -0.15) is 0 Å². The molecule has 1 aromatic carbocycles. The molecule has 106 valence electrons. The average Bonchev–Trinajstić information content (AvgIpc) is 2.44. The van der Waals surface area contributed by atoms with Crippen LogP contribution < -0.4 is 15.4 Å². The summed E-state index contributed by atoms with van der Waals surface area (Å²) in [4.78, 5) is 11.1. The zero-order valence-electron chi connectivity index (χ0n) is 12.0. The quantitative estimate of drug-likeness (QED) is 0.708. The Morgan fingerprint density at radius 1 is 1.42 bits per heavy atom. The summed E-state index contributed by atoms with van der Waals surface area (Å²) >= 11 is 0. The van der Waals surface area contributed by atoms with Crippen molar-refractivity contribution in [3.8, 4) is 5.75 Å². The van der Waals surface area contributed by atoms with Gasteiger partial charge in [-0.25, -0.2) is 0 Å². The fourth-order valence-corrected chi connectivity index (χ4v) is 1.85. The Labute approximate surface area is 115 Å². The van der Waals surface area contributed by atoms with Crippen LogP contribution >= 0.6 is 0 Å². The largest absolute Gasteiger partial charge is 0.494 e. The van der Waals surface area contributed by atoms with E-state index in [-0.39, 0.29) is 5.91 Å². The molecule has 4 heteroatoms. The van der Waals surface area contributed by atoms with Crippen molar-refractivity contribution in [1.29, 1.82) is 0 Å². The van der Waals surface area contributed by atoms with Crippen LogP contribution in [-0.4, -0.2) is 26.1 Å². The van der Waals surface area contributed by atoms with Gasteiger partial charge in [-0.3, -0.25) is 4.79 Å². The van der Waals surface area contributed by atoms with Crippen molar-refractivity contribution in [1.82, 2.24) is 10.6 Å². The van der Waals surface area contributed by atoms with Crippen LogP contribution in [0.3, 0.4) is 0 Å². The summed E-state index contributed by atoms with van der Waals surface area (Å²) in [6.45, 7) is 5.73. The van der Waals surface area contributed by atoms with Gasteiger partial charge in [0.25, 0.3) is 0 Å². The van der Waals surface area contributed by atoms with Crippen LogP contribution in [-0.2, 0) is 4.79 Å². The molecule has 0 aliphatic heterocycles. The molecule has 0 fully saturated rings. The van der Waals surface area contributed by atoms with E-state index in [4.69, 9.17) is 4.74 Å². The third-order valence-electron chi connectivity index (χ3n) is 2.96. The number of carbonyl (C=O) groups excluding carboxylic acids is 1. The number of hydrogen-bond donors (Lipinski definition) is 2. The fraction of sp³-hybridized carbons (Fsp3) is 0.533. The Hall–Kier alpha value is -1.55. The van der Waals surface area contributed by atoms with E-state index in [1.54, 1.807) is 7.05 Å². The van der Waals surface area contributed by atoms with E-state index in [0.29, 0.717) is 19.1 Å². The van der Waals surface area contributed by atoms with Gasteiger partial charge in [0.05, 0.1) is 6.61 Å². The number of ether oxygens (including phenoxy) is 1. The maximum absolute atomic E-state index is 11.1. The van der Waals surface area contributed by atoms with E-state index in [0.717, 1.165) is 18.7 Å². The molecule has 0 aliphatic carbocycles. The molecule has 0 heterocycles. The van der Waals surface area contributed by atoms with Gasteiger partial charge in [-0.05, 0) is 37.6 Å². The van der Waals surface area contributed by atoms with Crippen molar-refractivity contribution in [2.24, 2.45) is 0 Å². The van der Waals surface area contributed by atoms with Crippen molar-refractivity contribution in [2.45, 2.75) is 32.7 Å². The first-order valence-electron chi connectivity index (χ1n) is 6.84. The molecule has 0 aromatic heterocycles. The van der Waals surface area contributed by atoms with Crippen LogP contribution in [0, 0.1) is 0 Å². The summed E-state index contributed by atoms with van der Waals surface area (Å²) in [6.07, 6.45) is 1.23. The summed E-state index contributed by atoms with van der Waals surface area (Å²) in [6, 6.07) is 8.40. The van der Waals surface area contributed by atoms with Gasteiger partial charge in [-0.15, -0.1) is 0 Å². The highest BCUT2D eigenvalue weighted by molar-refractivity contribution is 5.75. The maximum atomic E-state index is 11.1. The summed E-state index contributed by atoms with van der Waals surface area (Å²) in [5, 5.41) is 5.97. The number of rotatable bonds is 8. The molecule has 1 atom stereocenters. The molecule has 19 heavy (non-hydrogen) atoms. The zero-order valence-corrected chi connectivity index (χ0v) is 12.0. The van der Waals surface area contributed by atoms with Crippen LogP contribution in [0.2, 0.25) is 0 Å². The van der Waals surface area contributed by atoms with E-state index in [9.17, 15) is 4.79 Å². The highest BCUT2D eigenvalue weighted by atomic mass is 16.5. The minimum absolute atomic E-state index is 0.0538. The van der Waals surface area contributed by atoms with Crippen molar-refractivity contribution < 1.29 is 9.53 Å². The van der Waals surface area contributed by atoms with E-state index in [2.05, 4.69) is 30.5 Å². The number of carbonyl (C=O) groups is 1. The molecule has 0 spiro atoms. The fourth-order valence-electron chi connectivity index (χ4n) is 1.85. The Morgan fingerprint density at radius 2 is 2.21 bits per heavy atom. The molecule has 1 aromatic rings. The monoisotopic (exact) mass is 264 g/mol. The molecular weight excluding hydrogens is 240 g/mol. The molecule has 1 rings (SSSR count). The molecular formula is C15H24N2O2. The van der Waals surface area contributed by atoms with Crippen LogP contribution in [0.15, 0.2) is 24.3 Å². The normalized spacial score (nSPS) is 11.9. The van der Waals surface area contributed by atoms with E-state index in [1.165, 1.54) is 5.56 Å². The average molecular weight is 264 g/mol. The molecule has 0 saturated carbocycles. The zero-order chi connectivity index (χ0) is 14.1. The molecule has 1 amide bonds. The highest BCUT2D eigenvalue weighted by Crippen LogP contribution is 2.19. The SMILES string of the molecule is CCNC(C)c1cccc(OCCCC(=O)NC)c1. The van der Waals surface area contributed by atoms with Crippen LogP contribution in [0.4, 0.5) is 0 Å². The number of amides is 1. The van der Waals surface area contributed by atoms with Crippen molar-refractivity contribution >= 4 is 5.91 Å². The Morgan fingerprint density at radius 3 is 2.89 bits per heavy atom. The summed E-state index contributed by atoms with van der Waals surface area (Å²) in [5.74, 6) is 0.914. The molecule has 4 nitrogen and oxygen atoms in total. The smallest absolute Gasteiger partial charge is 0.219 e. The van der Waals surface area contributed by atoms with Crippen molar-refractivity contribution in [2.75, 3.05) is 20.2 Å². The maximum Gasteiger partial charge on any atom is 0.219 e. The minimum Gasteiger partial charge on any atom is -0.494 e. The summed E-state index contributed by atoms with van der Waals surface area (Å²) < 4.78 is 5.66. The Kier molecular flexibility index (Phi) is 6.97. The van der Waals surface area contributed by atoms with Gasteiger partial charge in [0, 0.05) is 19.5 Å². The lowest BCUT2D eigenvalue weighted by atomic mass is 10.1. The van der Waals surface area contributed by atoms with E-state index >= 15 is 0 Å². The molecule has 2 N–H and O–H groups in total. The standard InChI is InChI=1S/C15H24N2O2/c1-4-17-12(2)13-7-5-8-14(11-13)19-10-6-9-15(18)16-3/h5,7-8,11-12,17H,4,6,9-10H2,1-3H3,(H,16,18). The lowest BCUT2D eigenvalue weighted by molar-refractivity contribution is -0.120. The second kappa shape index (κ2) is 8.53. The van der Waals surface area contributed by atoms with Gasteiger partial charge in [-0.1, -0.05) is 19.1 Å². The lowest BCUT2D eigenvalue weighted by Gasteiger charge is -2.14. The van der Waals surface area contributed by atoms with Crippen LogP contribution in [0.25, 0.3) is 0 Å². The van der Waals surface area contributed by atoms with Gasteiger partial charge >= 0.3 is 0 Å². The number of nitrogens with one attached hydrogen (secondary N) is 2. The van der Waals surface area contributed by atoms with E-state index < -0.39 is 0 Å². The second-order valence-corrected chi connectivity index (χ2v) is 4.48. The summed E-state index contributed by atoms with van der Waals surface area (Å²) in [5.41, 5.74) is 1.21. The predicted molar refractivity (Wildman–Crippen MR) is 77.3 cm³/mol. The predicted octanol–water partition coefficient (Wildman–Crippen LogP) is 2.26. The first-order valence-corrected chi connectivity index (χ1v) is 6.84. The first-order chi connectivity index (χ1) is 9.17. The highest BCUT2D eigenvalue weighted by Gasteiger charge is 2.05. The molecule has 1 unspecified atom stereocenters. The van der Waals surface area contributed by atoms with Gasteiger partial charge < -0.3 is 15.4 Å². The number of benzene rings is 1. The first kappa shape index (κ1) is 15.5. The molecule has 0 saturated heterocycles. The molecule has 0 radical (unpaired) electrons. The van der Waals surface area contributed by atoms with Gasteiger partial charge in [0.2, 0.25) is 5.91 Å². The van der Waals surface area contributed by atoms with Gasteiger partial charge in [0.15, 0.2) is 0 Å². The Balaban J connectivity index is 2.42. The van der Waals surface area contributed by atoms with Crippen LogP contribution in [0.5, 0.6) is 5.75 Å². The second-order valence-electron chi connectivity index (χ2n) is 4.48. The topological polar surface area (TPSA) is 50.4 Å². The summed E-state index contributed by atoms with van der Waals surface area (Å²) in [7, 11) is 1.65. The van der Waals surface area contributed by atoms with E-state index in [1.807, 2.05) is 18.2 Å². The minimum atomic E-state index is 0.0538. The van der Waals surface area contributed by atoms with Crippen LogP contribution in [0.1, 0.15) is 38.3 Å². The van der Waals surface area contributed by atoms with Gasteiger partial charge in [0.1, 0.15) is 5.75 Å². The van der Waals surface area contributed by atoms with Crippen molar-refractivity contribution in [3.05, 3.63) is 29.8 Å². The van der Waals surface area contributed by atoms with Crippen molar-refractivity contribution in [3.63, 3.8) is 0 Å². The molecule has 0 aliphatic rings. The Bertz CT molecular complexity index is 393.